The molecule has 0 bridgehead atoms. The summed E-state index contributed by atoms with van der Waals surface area (Å²) >= 11 is 0. The molecule has 0 amide bonds. The number of hydrogen-bond acceptors (Lipinski definition) is 3. The van der Waals surface area contributed by atoms with E-state index >= 15 is 0 Å². The predicted molar refractivity (Wildman–Crippen MR) is 109 cm³/mol. The van der Waals surface area contributed by atoms with Gasteiger partial charge < -0.3 is 10.0 Å². The summed E-state index contributed by atoms with van der Waals surface area (Å²) in [4.78, 5) is 15.0. The van der Waals surface area contributed by atoms with E-state index in [1.165, 1.54) is 24.8 Å². The van der Waals surface area contributed by atoms with Gasteiger partial charge >= 0.3 is 0 Å². The van der Waals surface area contributed by atoms with Crippen LogP contribution in [0.3, 0.4) is 0 Å². The molecule has 1 unspecified atom stereocenters. The molecule has 1 fully saturated rings. The first-order valence-corrected chi connectivity index (χ1v) is 10.7. The van der Waals surface area contributed by atoms with E-state index in [1.807, 2.05) is 12.1 Å². The number of phenols is 1. The van der Waals surface area contributed by atoms with Crippen molar-refractivity contribution in [3.8, 4) is 5.75 Å². The molecule has 1 aliphatic carbocycles. The van der Waals surface area contributed by atoms with Gasteiger partial charge in [0.05, 0.1) is 0 Å². The lowest BCUT2D eigenvalue weighted by Gasteiger charge is -2.31. The summed E-state index contributed by atoms with van der Waals surface area (Å²) < 4.78 is 0. The highest BCUT2D eigenvalue weighted by Gasteiger charge is 2.22. The number of ketones is 1. The minimum atomic E-state index is 0.327. The van der Waals surface area contributed by atoms with Gasteiger partial charge in [-0.25, -0.2) is 0 Å². The van der Waals surface area contributed by atoms with Crippen LogP contribution < -0.4 is 0 Å². The molecule has 1 atom stereocenters. The molecule has 26 heavy (non-hydrogen) atoms. The van der Waals surface area contributed by atoms with Crippen LogP contribution in [0.5, 0.6) is 5.75 Å². The fourth-order valence-corrected chi connectivity index (χ4v) is 4.28. The summed E-state index contributed by atoms with van der Waals surface area (Å²) in [6.45, 7) is 6.59. The van der Waals surface area contributed by atoms with Crippen molar-refractivity contribution in [2.24, 2.45) is 5.92 Å². The average Bonchev–Trinajstić information content (AvgIpc) is 2.67. The summed E-state index contributed by atoms with van der Waals surface area (Å²) in [5, 5.41) is 9.47. The molecule has 1 aliphatic rings. The van der Waals surface area contributed by atoms with Crippen LogP contribution in [0, 0.1) is 5.92 Å². The number of carbonyl (C=O) groups is 1. The van der Waals surface area contributed by atoms with Gasteiger partial charge in [0.2, 0.25) is 0 Å². The molecular weight excluding hydrogens is 322 g/mol. The van der Waals surface area contributed by atoms with Crippen molar-refractivity contribution in [3.63, 3.8) is 0 Å². The second-order valence-electron chi connectivity index (χ2n) is 7.87. The third-order valence-corrected chi connectivity index (χ3v) is 5.84. The number of hydrogen-bond donors (Lipinski definition) is 1. The van der Waals surface area contributed by atoms with E-state index < -0.39 is 0 Å². The molecule has 0 saturated heterocycles. The fraction of sp³-hybridized carbons (Fsp3) is 0.696. The zero-order valence-electron chi connectivity index (χ0n) is 16.8. The molecule has 1 saturated carbocycles. The number of benzene rings is 1. The van der Waals surface area contributed by atoms with Gasteiger partial charge in [0.15, 0.2) is 0 Å². The van der Waals surface area contributed by atoms with E-state index in [1.54, 1.807) is 12.1 Å². The molecule has 1 aromatic carbocycles. The SMILES string of the molecule is CCCN(CCCC(=O)C1CCCCC1)C(CC)Cc1ccc(O)cc1. The van der Waals surface area contributed by atoms with Crippen LogP contribution in [0.4, 0.5) is 0 Å². The van der Waals surface area contributed by atoms with Crippen molar-refractivity contribution < 1.29 is 9.90 Å². The maximum absolute atomic E-state index is 12.5. The van der Waals surface area contributed by atoms with Crippen LogP contribution in [0.25, 0.3) is 0 Å². The van der Waals surface area contributed by atoms with Crippen LogP contribution in [-0.4, -0.2) is 34.9 Å². The van der Waals surface area contributed by atoms with Crippen molar-refractivity contribution in [2.45, 2.75) is 84.1 Å². The second-order valence-corrected chi connectivity index (χ2v) is 7.87. The minimum Gasteiger partial charge on any atom is -0.508 e. The number of Topliss-reactive ketones (excluding diaryl/α,β-unsaturated/α-hetero) is 1. The van der Waals surface area contributed by atoms with E-state index in [-0.39, 0.29) is 0 Å². The van der Waals surface area contributed by atoms with Crippen LogP contribution in [0.1, 0.15) is 77.2 Å². The fourth-order valence-electron chi connectivity index (χ4n) is 4.28. The Bertz CT molecular complexity index is 520. The molecule has 0 aromatic heterocycles. The lowest BCUT2D eigenvalue weighted by molar-refractivity contribution is -0.124. The van der Waals surface area contributed by atoms with Crippen LogP contribution in [0.2, 0.25) is 0 Å². The first-order valence-electron chi connectivity index (χ1n) is 10.7. The third kappa shape index (κ3) is 6.75. The summed E-state index contributed by atoms with van der Waals surface area (Å²) in [6.07, 6.45) is 11.0. The largest absolute Gasteiger partial charge is 0.508 e. The molecule has 3 heteroatoms. The van der Waals surface area contributed by atoms with E-state index in [9.17, 15) is 9.90 Å². The zero-order chi connectivity index (χ0) is 18.8. The van der Waals surface area contributed by atoms with Crippen molar-refractivity contribution in [1.82, 2.24) is 4.90 Å². The standard InChI is InChI=1S/C23H37NO2/c1-3-16-24(17-8-11-23(26)20-9-6-5-7-10-20)21(4-2)18-19-12-14-22(25)15-13-19/h12-15,20-21,25H,3-11,16-18H2,1-2H3. The van der Waals surface area contributed by atoms with Crippen molar-refractivity contribution >= 4 is 5.78 Å². The lowest BCUT2D eigenvalue weighted by atomic mass is 9.85. The molecule has 3 nitrogen and oxygen atoms in total. The van der Waals surface area contributed by atoms with Crippen LogP contribution in [-0.2, 0) is 11.2 Å². The van der Waals surface area contributed by atoms with Gasteiger partial charge in [0, 0.05) is 18.4 Å². The van der Waals surface area contributed by atoms with Gasteiger partial charge in [0.1, 0.15) is 11.5 Å². The van der Waals surface area contributed by atoms with Crippen molar-refractivity contribution in [3.05, 3.63) is 29.8 Å². The van der Waals surface area contributed by atoms with E-state index in [2.05, 4.69) is 18.7 Å². The Morgan fingerprint density at radius 1 is 1.12 bits per heavy atom. The number of aromatic hydroxyl groups is 1. The molecule has 2 rings (SSSR count). The number of carbonyl (C=O) groups excluding carboxylic acids is 1. The normalized spacial score (nSPS) is 16.7. The summed E-state index contributed by atoms with van der Waals surface area (Å²) in [6, 6.07) is 8.09. The van der Waals surface area contributed by atoms with Gasteiger partial charge in [-0.05, 0) is 69.3 Å². The van der Waals surface area contributed by atoms with E-state index in [0.29, 0.717) is 23.5 Å². The Hall–Kier alpha value is -1.35. The van der Waals surface area contributed by atoms with E-state index in [0.717, 1.165) is 58.0 Å². The average molecular weight is 360 g/mol. The monoisotopic (exact) mass is 359 g/mol. The maximum Gasteiger partial charge on any atom is 0.136 e. The summed E-state index contributed by atoms with van der Waals surface area (Å²) in [5.74, 6) is 1.18. The third-order valence-electron chi connectivity index (χ3n) is 5.84. The number of phenolic OH excluding ortho intramolecular Hbond substituents is 1. The first-order chi connectivity index (χ1) is 12.6. The molecular formula is C23H37NO2. The second kappa shape index (κ2) is 11.4. The molecule has 0 radical (unpaired) electrons. The van der Waals surface area contributed by atoms with Crippen LogP contribution in [0.15, 0.2) is 24.3 Å². The van der Waals surface area contributed by atoms with Gasteiger partial charge in [-0.15, -0.1) is 0 Å². The first kappa shape index (κ1) is 21.0. The number of rotatable bonds is 11. The molecule has 0 heterocycles. The van der Waals surface area contributed by atoms with Gasteiger partial charge in [0.25, 0.3) is 0 Å². The number of nitrogens with zero attached hydrogens (tertiary/aromatic N) is 1. The summed E-state index contributed by atoms with van der Waals surface area (Å²) in [5.41, 5.74) is 1.27. The highest BCUT2D eigenvalue weighted by atomic mass is 16.3. The molecule has 0 aliphatic heterocycles. The highest BCUT2D eigenvalue weighted by Crippen LogP contribution is 2.26. The Morgan fingerprint density at radius 3 is 2.42 bits per heavy atom. The Morgan fingerprint density at radius 2 is 1.81 bits per heavy atom. The highest BCUT2D eigenvalue weighted by molar-refractivity contribution is 5.81. The van der Waals surface area contributed by atoms with Gasteiger partial charge in [-0.3, -0.25) is 4.79 Å². The predicted octanol–water partition coefficient (Wildman–Crippen LogP) is 5.35. The van der Waals surface area contributed by atoms with Crippen molar-refractivity contribution in [1.29, 1.82) is 0 Å². The maximum atomic E-state index is 12.5. The molecule has 146 valence electrons. The minimum absolute atomic E-state index is 0.327. The molecule has 1 aromatic rings. The Labute approximate surface area is 159 Å². The topological polar surface area (TPSA) is 40.5 Å². The Kier molecular flexibility index (Phi) is 9.17. The Balaban J connectivity index is 1.84. The van der Waals surface area contributed by atoms with Crippen molar-refractivity contribution in [2.75, 3.05) is 13.1 Å². The van der Waals surface area contributed by atoms with Crippen LogP contribution >= 0.6 is 0 Å². The summed E-state index contributed by atoms with van der Waals surface area (Å²) in [7, 11) is 0. The smallest absolute Gasteiger partial charge is 0.136 e. The lowest BCUT2D eigenvalue weighted by Crippen LogP contribution is -2.38. The molecule has 0 spiro atoms. The molecule has 1 N–H and O–H groups in total. The van der Waals surface area contributed by atoms with Gasteiger partial charge in [-0.2, -0.15) is 0 Å². The van der Waals surface area contributed by atoms with E-state index in [4.69, 9.17) is 0 Å². The zero-order valence-corrected chi connectivity index (χ0v) is 16.8. The quantitative estimate of drug-likeness (QED) is 0.578. The van der Waals surface area contributed by atoms with Gasteiger partial charge in [-0.1, -0.05) is 45.2 Å².